The molecule has 1 aliphatic rings. The topological polar surface area (TPSA) is 144 Å². The Labute approximate surface area is 227 Å². The number of pyridine rings is 1. The van der Waals surface area contributed by atoms with Crippen LogP contribution in [0.4, 0.5) is 30.6 Å². The SMILES string of the molecule is O=C(CN[C@H]1CC[C@H](CNc2nc(NCc3ccccc3OC(F)(F)F)ncc2[N+](=O)[O-])CC1)c1cccnc1. The van der Waals surface area contributed by atoms with E-state index in [-0.39, 0.29) is 59.6 Å². The molecule has 2 aromatic heterocycles. The molecule has 212 valence electrons. The van der Waals surface area contributed by atoms with Crippen molar-refractivity contribution in [2.45, 2.75) is 44.6 Å². The van der Waals surface area contributed by atoms with E-state index in [2.05, 4.69) is 35.6 Å². The van der Waals surface area contributed by atoms with E-state index in [9.17, 15) is 28.1 Å². The number of hydrogen-bond acceptors (Lipinski definition) is 10. The number of carbonyl (C=O) groups excluding carboxylic acids is 1. The number of rotatable bonds is 12. The van der Waals surface area contributed by atoms with Crippen molar-refractivity contribution in [2.75, 3.05) is 23.7 Å². The van der Waals surface area contributed by atoms with Gasteiger partial charge in [-0.25, -0.2) is 4.98 Å². The van der Waals surface area contributed by atoms with Crippen LogP contribution in [0.3, 0.4) is 0 Å². The maximum absolute atomic E-state index is 12.7. The number of Topliss-reactive ketones (excluding diaryl/α,β-unsaturated/α-hetero) is 1. The van der Waals surface area contributed by atoms with Crippen molar-refractivity contribution < 1.29 is 27.6 Å². The molecule has 2 heterocycles. The molecule has 3 N–H and O–H groups in total. The summed E-state index contributed by atoms with van der Waals surface area (Å²) in [5, 5.41) is 20.7. The first-order chi connectivity index (χ1) is 19.2. The van der Waals surface area contributed by atoms with Gasteiger partial charge in [0.1, 0.15) is 11.9 Å². The third kappa shape index (κ3) is 8.33. The molecule has 14 heteroatoms. The quantitative estimate of drug-likeness (QED) is 0.162. The van der Waals surface area contributed by atoms with Gasteiger partial charge in [-0.2, -0.15) is 4.98 Å². The lowest BCUT2D eigenvalue weighted by Crippen LogP contribution is -2.37. The Morgan fingerprint density at radius 2 is 1.85 bits per heavy atom. The first-order valence-corrected chi connectivity index (χ1v) is 12.7. The van der Waals surface area contributed by atoms with Gasteiger partial charge in [0.2, 0.25) is 11.8 Å². The van der Waals surface area contributed by atoms with Crippen LogP contribution in [0.25, 0.3) is 0 Å². The molecular formula is C26H28F3N7O4. The number of aromatic nitrogens is 3. The molecule has 0 aliphatic heterocycles. The summed E-state index contributed by atoms with van der Waals surface area (Å²) in [6, 6.07) is 9.28. The highest BCUT2D eigenvalue weighted by molar-refractivity contribution is 5.97. The number of para-hydroxylation sites is 1. The van der Waals surface area contributed by atoms with E-state index in [1.165, 1.54) is 18.2 Å². The number of carbonyl (C=O) groups is 1. The van der Waals surface area contributed by atoms with Crippen molar-refractivity contribution in [3.8, 4) is 5.75 Å². The van der Waals surface area contributed by atoms with Crippen LogP contribution in [-0.2, 0) is 6.54 Å². The molecule has 0 amide bonds. The lowest BCUT2D eigenvalue weighted by molar-refractivity contribution is -0.384. The van der Waals surface area contributed by atoms with Crippen LogP contribution in [0.2, 0.25) is 0 Å². The molecule has 1 fully saturated rings. The summed E-state index contributed by atoms with van der Waals surface area (Å²) < 4.78 is 42.1. The second kappa shape index (κ2) is 13.2. The van der Waals surface area contributed by atoms with E-state index >= 15 is 0 Å². The van der Waals surface area contributed by atoms with Crippen LogP contribution in [0.5, 0.6) is 5.75 Å². The lowest BCUT2D eigenvalue weighted by atomic mass is 9.86. The summed E-state index contributed by atoms with van der Waals surface area (Å²) in [5.41, 5.74) is 0.464. The molecule has 0 atom stereocenters. The van der Waals surface area contributed by atoms with Gasteiger partial charge in [0.15, 0.2) is 5.78 Å². The third-order valence-electron chi connectivity index (χ3n) is 6.54. The van der Waals surface area contributed by atoms with Crippen LogP contribution in [-0.4, -0.2) is 51.2 Å². The van der Waals surface area contributed by atoms with Gasteiger partial charge in [-0.3, -0.25) is 19.9 Å². The lowest BCUT2D eigenvalue weighted by Gasteiger charge is -2.29. The van der Waals surface area contributed by atoms with Gasteiger partial charge in [-0.1, -0.05) is 18.2 Å². The molecule has 1 saturated carbocycles. The molecule has 3 aromatic rings. The van der Waals surface area contributed by atoms with Crippen LogP contribution < -0.4 is 20.7 Å². The summed E-state index contributed by atoms with van der Waals surface area (Å²) >= 11 is 0. The number of nitro groups is 1. The molecule has 0 unspecified atom stereocenters. The summed E-state index contributed by atoms with van der Waals surface area (Å²) in [5.74, 6) is -0.113. The van der Waals surface area contributed by atoms with Crippen LogP contribution >= 0.6 is 0 Å². The van der Waals surface area contributed by atoms with Crippen molar-refractivity contribution in [3.05, 3.63) is 76.2 Å². The van der Waals surface area contributed by atoms with Crippen LogP contribution in [0, 0.1) is 16.0 Å². The van der Waals surface area contributed by atoms with E-state index in [1.807, 2.05) is 0 Å². The van der Waals surface area contributed by atoms with Crippen molar-refractivity contribution in [2.24, 2.45) is 5.92 Å². The summed E-state index contributed by atoms with van der Waals surface area (Å²) in [6.45, 7) is 0.583. The Kier molecular flexibility index (Phi) is 9.43. The number of nitrogens with zero attached hydrogens (tertiary/aromatic N) is 4. The van der Waals surface area contributed by atoms with Gasteiger partial charge in [0.25, 0.3) is 0 Å². The van der Waals surface area contributed by atoms with Gasteiger partial charge < -0.3 is 20.7 Å². The Bertz CT molecular complexity index is 1300. The Morgan fingerprint density at radius 1 is 1.07 bits per heavy atom. The fourth-order valence-corrected chi connectivity index (χ4v) is 4.45. The van der Waals surface area contributed by atoms with Gasteiger partial charge >= 0.3 is 12.0 Å². The second-order valence-electron chi connectivity index (χ2n) is 9.34. The van der Waals surface area contributed by atoms with E-state index in [0.29, 0.717) is 12.1 Å². The highest BCUT2D eigenvalue weighted by Crippen LogP contribution is 2.29. The molecule has 1 aliphatic carbocycles. The number of ether oxygens (including phenoxy) is 1. The number of alkyl halides is 3. The highest BCUT2D eigenvalue weighted by Gasteiger charge is 2.32. The highest BCUT2D eigenvalue weighted by atomic mass is 19.4. The molecular weight excluding hydrogens is 531 g/mol. The third-order valence-corrected chi connectivity index (χ3v) is 6.54. The largest absolute Gasteiger partial charge is 0.573 e. The predicted molar refractivity (Wildman–Crippen MR) is 140 cm³/mol. The number of anilines is 2. The van der Waals surface area contributed by atoms with Crippen LogP contribution in [0.15, 0.2) is 55.0 Å². The minimum absolute atomic E-state index is 0.0149. The van der Waals surface area contributed by atoms with E-state index in [4.69, 9.17) is 0 Å². The number of halogens is 3. The zero-order chi connectivity index (χ0) is 28.5. The van der Waals surface area contributed by atoms with Gasteiger partial charge in [0.05, 0.1) is 11.5 Å². The summed E-state index contributed by atoms with van der Waals surface area (Å²) in [7, 11) is 0. The Balaban J connectivity index is 1.29. The zero-order valence-corrected chi connectivity index (χ0v) is 21.4. The Morgan fingerprint density at radius 3 is 2.55 bits per heavy atom. The van der Waals surface area contributed by atoms with Gasteiger partial charge in [0, 0.05) is 42.7 Å². The molecule has 1 aromatic carbocycles. The normalized spacial score (nSPS) is 17.2. The number of hydrogen-bond donors (Lipinski definition) is 3. The molecule has 0 saturated heterocycles. The number of benzene rings is 1. The summed E-state index contributed by atoms with van der Waals surface area (Å²) in [4.78, 5) is 35.3. The first-order valence-electron chi connectivity index (χ1n) is 12.7. The van der Waals surface area contributed by atoms with E-state index in [1.54, 1.807) is 30.6 Å². The standard InChI is InChI=1S/C26H28F3N7O4/c27-26(28,29)40-23-6-2-1-4-19(23)14-33-25-34-15-21(36(38)39)24(35-25)32-12-17-7-9-20(10-8-17)31-16-22(37)18-5-3-11-30-13-18/h1-6,11,13,15,17,20,31H,7-10,12,14,16H2,(H2,32,33,34,35)/t17-,20-. The molecule has 0 spiro atoms. The molecule has 4 rings (SSSR count). The predicted octanol–water partition coefficient (Wildman–Crippen LogP) is 4.73. The zero-order valence-electron chi connectivity index (χ0n) is 21.4. The van der Waals surface area contributed by atoms with Crippen molar-refractivity contribution in [3.63, 3.8) is 0 Å². The van der Waals surface area contributed by atoms with Crippen molar-refractivity contribution in [1.82, 2.24) is 20.3 Å². The minimum atomic E-state index is -4.84. The maximum Gasteiger partial charge on any atom is 0.573 e. The van der Waals surface area contributed by atoms with Gasteiger partial charge in [-0.05, 0) is 49.8 Å². The average molecular weight is 560 g/mol. The number of ketones is 1. The maximum atomic E-state index is 12.7. The molecule has 0 radical (unpaired) electrons. The molecule has 40 heavy (non-hydrogen) atoms. The second-order valence-corrected chi connectivity index (χ2v) is 9.34. The fraction of sp³-hybridized carbons (Fsp3) is 0.385. The first kappa shape index (κ1) is 28.7. The molecule has 0 bridgehead atoms. The van der Waals surface area contributed by atoms with Crippen molar-refractivity contribution >= 4 is 23.2 Å². The fourth-order valence-electron chi connectivity index (χ4n) is 4.45. The monoisotopic (exact) mass is 559 g/mol. The number of nitrogens with one attached hydrogen (secondary N) is 3. The van der Waals surface area contributed by atoms with Crippen molar-refractivity contribution in [1.29, 1.82) is 0 Å². The van der Waals surface area contributed by atoms with E-state index in [0.717, 1.165) is 31.9 Å². The van der Waals surface area contributed by atoms with Crippen LogP contribution in [0.1, 0.15) is 41.6 Å². The van der Waals surface area contributed by atoms with Gasteiger partial charge in [-0.15, -0.1) is 13.2 Å². The average Bonchev–Trinajstić information content (AvgIpc) is 2.94. The van der Waals surface area contributed by atoms with E-state index < -0.39 is 11.3 Å². The summed E-state index contributed by atoms with van der Waals surface area (Å²) in [6.07, 6.45) is 2.78. The Hall–Kier alpha value is -4.33. The molecule has 11 nitrogen and oxygen atoms in total. The smallest absolute Gasteiger partial charge is 0.405 e. The minimum Gasteiger partial charge on any atom is -0.405 e.